The first-order chi connectivity index (χ1) is 8.22. The van der Waals surface area contributed by atoms with Crippen molar-refractivity contribution in [3.8, 4) is 0 Å². The van der Waals surface area contributed by atoms with E-state index >= 15 is 0 Å². The number of aromatic nitrogens is 2. The molecule has 17 heavy (non-hydrogen) atoms. The predicted octanol–water partition coefficient (Wildman–Crippen LogP) is 2.60. The van der Waals surface area contributed by atoms with E-state index in [2.05, 4.69) is 18.1 Å². The van der Waals surface area contributed by atoms with Gasteiger partial charge >= 0.3 is 0 Å². The van der Waals surface area contributed by atoms with E-state index in [-0.39, 0.29) is 5.78 Å². The van der Waals surface area contributed by atoms with Crippen LogP contribution in [0.15, 0.2) is 36.5 Å². The van der Waals surface area contributed by atoms with E-state index in [1.54, 1.807) is 24.0 Å². The molecule has 1 heterocycles. The van der Waals surface area contributed by atoms with E-state index in [1.807, 2.05) is 18.2 Å². The zero-order valence-electron chi connectivity index (χ0n) is 10.2. The standard InChI is InChI=1S/C14H16N2O/c1-3-5-11-6-4-7-12(10-11)14(17)13-8-9-15-16(13)2/h4,6-10H,3,5H2,1-2H3. The van der Waals surface area contributed by atoms with Gasteiger partial charge in [0.25, 0.3) is 0 Å². The van der Waals surface area contributed by atoms with Crippen LogP contribution < -0.4 is 0 Å². The van der Waals surface area contributed by atoms with Gasteiger partial charge in [-0.05, 0) is 24.1 Å². The Morgan fingerprint density at radius 1 is 1.35 bits per heavy atom. The molecule has 3 nitrogen and oxygen atoms in total. The summed E-state index contributed by atoms with van der Waals surface area (Å²) >= 11 is 0. The van der Waals surface area contributed by atoms with Crippen molar-refractivity contribution in [2.24, 2.45) is 7.05 Å². The number of ketones is 1. The summed E-state index contributed by atoms with van der Waals surface area (Å²) in [6.07, 6.45) is 3.74. The van der Waals surface area contributed by atoms with Gasteiger partial charge in [0.1, 0.15) is 5.69 Å². The molecular weight excluding hydrogens is 212 g/mol. The fraction of sp³-hybridized carbons (Fsp3) is 0.286. The summed E-state index contributed by atoms with van der Waals surface area (Å²) in [5, 5.41) is 4.02. The Hall–Kier alpha value is -1.90. The lowest BCUT2D eigenvalue weighted by molar-refractivity contribution is 0.103. The topological polar surface area (TPSA) is 34.9 Å². The number of carbonyl (C=O) groups is 1. The monoisotopic (exact) mass is 228 g/mol. The van der Waals surface area contributed by atoms with Crippen molar-refractivity contribution < 1.29 is 4.79 Å². The summed E-state index contributed by atoms with van der Waals surface area (Å²) in [4.78, 5) is 12.2. The predicted molar refractivity (Wildman–Crippen MR) is 67.1 cm³/mol. The van der Waals surface area contributed by atoms with E-state index in [0.717, 1.165) is 18.4 Å². The van der Waals surface area contributed by atoms with Gasteiger partial charge in [-0.3, -0.25) is 9.48 Å². The van der Waals surface area contributed by atoms with Crippen molar-refractivity contribution in [3.63, 3.8) is 0 Å². The maximum atomic E-state index is 12.2. The molecule has 88 valence electrons. The molecule has 3 heteroatoms. The minimum absolute atomic E-state index is 0.0305. The minimum atomic E-state index is 0.0305. The summed E-state index contributed by atoms with van der Waals surface area (Å²) in [7, 11) is 1.78. The quantitative estimate of drug-likeness (QED) is 0.754. The fourth-order valence-corrected chi connectivity index (χ4v) is 1.90. The van der Waals surface area contributed by atoms with Gasteiger partial charge in [0, 0.05) is 18.8 Å². The molecule has 0 spiro atoms. The molecule has 0 radical (unpaired) electrons. The highest BCUT2D eigenvalue weighted by molar-refractivity contribution is 6.07. The van der Waals surface area contributed by atoms with Crippen LogP contribution >= 0.6 is 0 Å². The van der Waals surface area contributed by atoms with Crippen LogP contribution in [0.3, 0.4) is 0 Å². The molecule has 0 unspecified atom stereocenters. The minimum Gasteiger partial charge on any atom is -0.287 e. The van der Waals surface area contributed by atoms with Crippen LogP contribution in [0.1, 0.15) is 35.0 Å². The summed E-state index contributed by atoms with van der Waals surface area (Å²) in [5.41, 5.74) is 2.57. The van der Waals surface area contributed by atoms with Crippen LogP contribution in [0.4, 0.5) is 0 Å². The normalized spacial score (nSPS) is 10.5. The number of aryl methyl sites for hydroxylation is 2. The second-order valence-electron chi connectivity index (χ2n) is 4.12. The van der Waals surface area contributed by atoms with Gasteiger partial charge in [-0.15, -0.1) is 0 Å². The number of nitrogens with zero attached hydrogens (tertiary/aromatic N) is 2. The molecule has 0 aliphatic carbocycles. The molecule has 2 aromatic rings. The van der Waals surface area contributed by atoms with Crippen molar-refractivity contribution in [1.82, 2.24) is 9.78 Å². The highest BCUT2D eigenvalue weighted by atomic mass is 16.1. The molecule has 0 amide bonds. The smallest absolute Gasteiger partial charge is 0.211 e. The molecule has 0 aliphatic heterocycles. The zero-order valence-corrected chi connectivity index (χ0v) is 10.2. The SMILES string of the molecule is CCCc1cccc(C(=O)c2ccnn2C)c1. The molecule has 2 rings (SSSR count). The van der Waals surface area contributed by atoms with E-state index < -0.39 is 0 Å². The highest BCUT2D eigenvalue weighted by Crippen LogP contribution is 2.12. The Labute approximate surface area is 101 Å². The fourth-order valence-electron chi connectivity index (χ4n) is 1.90. The zero-order chi connectivity index (χ0) is 12.3. The average molecular weight is 228 g/mol. The van der Waals surface area contributed by atoms with Crippen LogP contribution in [0.2, 0.25) is 0 Å². The summed E-state index contributed by atoms with van der Waals surface area (Å²) in [6.45, 7) is 2.13. The molecule has 0 atom stereocenters. The summed E-state index contributed by atoms with van der Waals surface area (Å²) in [6, 6.07) is 9.57. The van der Waals surface area contributed by atoms with Gasteiger partial charge < -0.3 is 0 Å². The number of benzene rings is 1. The van der Waals surface area contributed by atoms with Gasteiger partial charge in [-0.1, -0.05) is 31.5 Å². The van der Waals surface area contributed by atoms with Crippen molar-refractivity contribution in [2.75, 3.05) is 0 Å². The molecular formula is C14H16N2O. The Morgan fingerprint density at radius 3 is 2.82 bits per heavy atom. The first kappa shape index (κ1) is 11.6. The van der Waals surface area contributed by atoms with Crippen LogP contribution in [-0.4, -0.2) is 15.6 Å². The Morgan fingerprint density at radius 2 is 2.18 bits per heavy atom. The lowest BCUT2D eigenvalue weighted by atomic mass is 10.0. The number of rotatable bonds is 4. The van der Waals surface area contributed by atoms with E-state index in [9.17, 15) is 4.79 Å². The largest absolute Gasteiger partial charge is 0.287 e. The van der Waals surface area contributed by atoms with Crippen LogP contribution in [0.5, 0.6) is 0 Å². The first-order valence-electron chi connectivity index (χ1n) is 5.84. The third kappa shape index (κ3) is 2.44. The molecule has 0 saturated heterocycles. The molecule has 0 N–H and O–H groups in total. The lowest BCUT2D eigenvalue weighted by Crippen LogP contribution is -2.08. The lowest BCUT2D eigenvalue weighted by Gasteiger charge is -2.04. The Kier molecular flexibility index (Phi) is 3.38. The van der Waals surface area contributed by atoms with Crippen molar-refractivity contribution >= 4 is 5.78 Å². The van der Waals surface area contributed by atoms with Crippen molar-refractivity contribution in [3.05, 3.63) is 53.3 Å². The van der Waals surface area contributed by atoms with Crippen LogP contribution in [0, 0.1) is 0 Å². The average Bonchev–Trinajstić information content (AvgIpc) is 2.75. The Balaban J connectivity index is 2.31. The van der Waals surface area contributed by atoms with E-state index in [4.69, 9.17) is 0 Å². The van der Waals surface area contributed by atoms with Crippen molar-refractivity contribution in [2.45, 2.75) is 19.8 Å². The molecule has 1 aromatic heterocycles. The van der Waals surface area contributed by atoms with Gasteiger partial charge in [0.15, 0.2) is 0 Å². The van der Waals surface area contributed by atoms with Gasteiger partial charge in [0.05, 0.1) is 0 Å². The van der Waals surface area contributed by atoms with Gasteiger partial charge in [-0.2, -0.15) is 5.10 Å². The maximum absolute atomic E-state index is 12.2. The van der Waals surface area contributed by atoms with Crippen LogP contribution in [0.25, 0.3) is 0 Å². The third-order valence-electron chi connectivity index (χ3n) is 2.78. The Bertz CT molecular complexity index is 529. The second kappa shape index (κ2) is 4.95. The molecule has 0 bridgehead atoms. The molecule has 0 fully saturated rings. The second-order valence-corrected chi connectivity index (χ2v) is 4.12. The third-order valence-corrected chi connectivity index (χ3v) is 2.78. The number of hydrogen-bond donors (Lipinski definition) is 0. The van der Waals surface area contributed by atoms with Crippen LogP contribution in [-0.2, 0) is 13.5 Å². The number of hydrogen-bond acceptors (Lipinski definition) is 2. The summed E-state index contributed by atoms with van der Waals surface area (Å²) in [5.74, 6) is 0.0305. The van der Waals surface area contributed by atoms with Gasteiger partial charge in [-0.25, -0.2) is 0 Å². The maximum Gasteiger partial charge on any atom is 0.211 e. The van der Waals surface area contributed by atoms with E-state index in [0.29, 0.717) is 5.69 Å². The highest BCUT2D eigenvalue weighted by Gasteiger charge is 2.12. The number of carbonyl (C=O) groups excluding carboxylic acids is 1. The van der Waals surface area contributed by atoms with Gasteiger partial charge in [0.2, 0.25) is 5.78 Å². The molecule has 0 saturated carbocycles. The summed E-state index contributed by atoms with van der Waals surface area (Å²) < 4.78 is 1.61. The first-order valence-corrected chi connectivity index (χ1v) is 5.84. The van der Waals surface area contributed by atoms with Crippen molar-refractivity contribution in [1.29, 1.82) is 0 Å². The van der Waals surface area contributed by atoms with E-state index in [1.165, 1.54) is 5.56 Å². The molecule has 1 aromatic carbocycles. The molecule has 0 aliphatic rings.